The average Bonchev–Trinajstić information content (AvgIpc) is 2.81. The fourth-order valence-corrected chi connectivity index (χ4v) is 3.50. The number of hydrogen-bond acceptors (Lipinski definition) is 3. The number of carbonyl (C=O) groups excluding carboxylic acids is 2. The van der Waals surface area contributed by atoms with Crippen molar-refractivity contribution in [2.24, 2.45) is 5.92 Å². The number of nitrogens with zero attached hydrogens (tertiary/aromatic N) is 2. The Labute approximate surface area is 128 Å². The fraction of sp³-hybridized carbons (Fsp3) is 0.500. The Balaban J connectivity index is 1.94. The Morgan fingerprint density at radius 3 is 2.91 bits per heavy atom. The number of carbonyl (C=O) groups is 2. The van der Waals surface area contributed by atoms with Gasteiger partial charge in [-0.2, -0.15) is 0 Å². The van der Waals surface area contributed by atoms with Crippen LogP contribution in [0.25, 0.3) is 0 Å². The quantitative estimate of drug-likeness (QED) is 0.832. The van der Waals surface area contributed by atoms with Gasteiger partial charge >= 0.3 is 0 Å². The lowest BCUT2D eigenvalue weighted by Gasteiger charge is -2.36. The molecule has 3 rings (SSSR count). The van der Waals surface area contributed by atoms with Crippen molar-refractivity contribution in [1.29, 1.82) is 0 Å². The molecule has 0 aromatic heterocycles. The van der Waals surface area contributed by atoms with Gasteiger partial charge in [-0.25, -0.2) is 4.39 Å². The summed E-state index contributed by atoms with van der Waals surface area (Å²) in [6.07, 6.45) is 1.54. The van der Waals surface area contributed by atoms with Gasteiger partial charge in [-0.1, -0.05) is 6.07 Å². The van der Waals surface area contributed by atoms with Crippen molar-refractivity contribution in [2.45, 2.75) is 18.9 Å². The number of amides is 2. The van der Waals surface area contributed by atoms with Crippen LogP contribution < -0.4 is 4.74 Å². The maximum Gasteiger partial charge on any atom is 0.260 e. The van der Waals surface area contributed by atoms with Crippen LogP contribution in [0.3, 0.4) is 0 Å². The molecule has 2 fully saturated rings. The molecule has 2 heterocycles. The van der Waals surface area contributed by atoms with E-state index < -0.39 is 11.7 Å². The molecule has 0 bridgehead atoms. The topological polar surface area (TPSA) is 49.9 Å². The lowest BCUT2D eigenvalue weighted by atomic mass is 9.91. The molecule has 2 amide bonds. The van der Waals surface area contributed by atoms with Gasteiger partial charge in [0.2, 0.25) is 5.91 Å². The number of piperidine rings is 1. The third kappa shape index (κ3) is 2.23. The Hall–Kier alpha value is -2.11. The second-order valence-electron chi connectivity index (χ2n) is 5.85. The monoisotopic (exact) mass is 306 g/mol. The summed E-state index contributed by atoms with van der Waals surface area (Å²) in [5, 5.41) is 0. The fourth-order valence-electron chi connectivity index (χ4n) is 3.50. The van der Waals surface area contributed by atoms with E-state index in [1.165, 1.54) is 19.2 Å². The molecule has 1 aromatic carbocycles. The van der Waals surface area contributed by atoms with Crippen molar-refractivity contribution in [3.8, 4) is 5.75 Å². The Morgan fingerprint density at radius 1 is 1.41 bits per heavy atom. The summed E-state index contributed by atoms with van der Waals surface area (Å²) < 4.78 is 19.3. The molecule has 1 aromatic rings. The molecule has 22 heavy (non-hydrogen) atoms. The number of likely N-dealkylation sites (N-methyl/N-ethyl adjacent to an activating group) is 1. The maximum atomic E-state index is 14.1. The van der Waals surface area contributed by atoms with E-state index in [-0.39, 0.29) is 29.2 Å². The zero-order valence-electron chi connectivity index (χ0n) is 12.7. The van der Waals surface area contributed by atoms with Crippen LogP contribution in [0.2, 0.25) is 0 Å². The van der Waals surface area contributed by atoms with Gasteiger partial charge in [0, 0.05) is 20.1 Å². The van der Waals surface area contributed by atoms with Crippen molar-refractivity contribution >= 4 is 11.8 Å². The van der Waals surface area contributed by atoms with Gasteiger partial charge < -0.3 is 14.5 Å². The number of likely N-dealkylation sites (tertiary alicyclic amines) is 2. The number of rotatable bonds is 2. The summed E-state index contributed by atoms with van der Waals surface area (Å²) in [5.41, 5.74) is -0.0485. The zero-order chi connectivity index (χ0) is 15.9. The third-order valence-electron chi connectivity index (χ3n) is 4.60. The van der Waals surface area contributed by atoms with Crippen molar-refractivity contribution in [1.82, 2.24) is 9.80 Å². The van der Waals surface area contributed by atoms with E-state index in [1.807, 2.05) is 0 Å². The highest BCUT2D eigenvalue weighted by atomic mass is 19.1. The molecule has 6 heteroatoms. The lowest BCUT2D eigenvalue weighted by Crippen LogP contribution is -2.49. The van der Waals surface area contributed by atoms with E-state index in [0.717, 1.165) is 12.8 Å². The molecule has 0 radical (unpaired) electrons. The highest BCUT2D eigenvalue weighted by molar-refractivity contribution is 5.98. The number of hydrogen-bond donors (Lipinski definition) is 0. The standard InChI is InChI=1S/C16H19FN2O3/c1-18-9-12-10(15(18)20)5-4-8-19(12)16(21)14-11(17)6-3-7-13(14)22-2/h3,6-7,10,12H,4-5,8-9H2,1-2H3/t10-,12-/m1/s1. The van der Waals surface area contributed by atoms with Crippen molar-refractivity contribution < 1.29 is 18.7 Å². The first kappa shape index (κ1) is 14.8. The van der Waals surface area contributed by atoms with Gasteiger partial charge in [0.15, 0.2) is 0 Å². The Morgan fingerprint density at radius 2 is 2.18 bits per heavy atom. The molecule has 2 saturated heterocycles. The highest BCUT2D eigenvalue weighted by Gasteiger charge is 2.46. The molecule has 0 spiro atoms. The highest BCUT2D eigenvalue weighted by Crippen LogP contribution is 2.33. The lowest BCUT2D eigenvalue weighted by molar-refractivity contribution is -0.130. The third-order valence-corrected chi connectivity index (χ3v) is 4.60. The van der Waals surface area contributed by atoms with Gasteiger partial charge in [0.05, 0.1) is 19.1 Å². The number of fused-ring (bicyclic) bond motifs is 1. The molecular formula is C16H19FN2O3. The summed E-state index contributed by atoms with van der Waals surface area (Å²) in [6, 6.07) is 4.16. The SMILES string of the molecule is COc1cccc(F)c1C(=O)N1CCC[C@H]2C(=O)N(C)C[C@H]21. The second-order valence-corrected chi connectivity index (χ2v) is 5.85. The van der Waals surface area contributed by atoms with E-state index in [0.29, 0.717) is 13.1 Å². The zero-order valence-corrected chi connectivity index (χ0v) is 12.7. The van der Waals surface area contributed by atoms with Gasteiger partial charge in [-0.3, -0.25) is 9.59 Å². The van der Waals surface area contributed by atoms with E-state index in [1.54, 1.807) is 22.9 Å². The van der Waals surface area contributed by atoms with Gasteiger partial charge in [-0.05, 0) is 25.0 Å². The van der Waals surface area contributed by atoms with Crippen molar-refractivity contribution in [3.05, 3.63) is 29.6 Å². The summed E-state index contributed by atoms with van der Waals surface area (Å²) in [5.74, 6) is -0.856. The summed E-state index contributed by atoms with van der Waals surface area (Å²) in [6.45, 7) is 1.05. The predicted octanol–water partition coefficient (Wildman–Crippen LogP) is 1.53. The van der Waals surface area contributed by atoms with Gasteiger partial charge in [0.25, 0.3) is 5.91 Å². The summed E-state index contributed by atoms with van der Waals surface area (Å²) >= 11 is 0. The van der Waals surface area contributed by atoms with Gasteiger partial charge in [0.1, 0.15) is 17.1 Å². The largest absolute Gasteiger partial charge is 0.496 e. The molecule has 0 saturated carbocycles. The molecule has 5 nitrogen and oxygen atoms in total. The van der Waals surface area contributed by atoms with Crippen LogP contribution in [0, 0.1) is 11.7 Å². The minimum Gasteiger partial charge on any atom is -0.496 e. The first-order valence-electron chi connectivity index (χ1n) is 7.43. The smallest absolute Gasteiger partial charge is 0.260 e. The minimum atomic E-state index is -0.593. The molecule has 0 unspecified atom stereocenters. The molecule has 2 atom stereocenters. The average molecular weight is 306 g/mol. The van der Waals surface area contributed by atoms with Crippen LogP contribution in [0.1, 0.15) is 23.2 Å². The van der Waals surface area contributed by atoms with Crippen molar-refractivity contribution in [3.63, 3.8) is 0 Å². The number of methoxy groups -OCH3 is 1. The predicted molar refractivity (Wildman–Crippen MR) is 78.1 cm³/mol. The van der Waals surface area contributed by atoms with Crippen LogP contribution in [-0.2, 0) is 4.79 Å². The summed E-state index contributed by atoms with van der Waals surface area (Å²) in [7, 11) is 3.16. The summed E-state index contributed by atoms with van der Waals surface area (Å²) in [4.78, 5) is 28.2. The Kier molecular flexibility index (Phi) is 3.76. The molecular weight excluding hydrogens is 287 g/mol. The molecule has 2 aliphatic heterocycles. The molecule has 118 valence electrons. The molecule has 2 aliphatic rings. The van der Waals surface area contributed by atoms with Crippen LogP contribution in [-0.4, -0.2) is 54.9 Å². The molecule has 0 N–H and O–H groups in total. The Bertz CT molecular complexity index is 619. The molecule has 0 aliphatic carbocycles. The number of halogens is 1. The normalized spacial score (nSPS) is 24.4. The van der Waals surface area contributed by atoms with Crippen molar-refractivity contribution in [2.75, 3.05) is 27.2 Å². The van der Waals surface area contributed by atoms with Crippen LogP contribution in [0.5, 0.6) is 5.75 Å². The second kappa shape index (κ2) is 5.59. The number of ether oxygens (including phenoxy) is 1. The number of benzene rings is 1. The van der Waals surface area contributed by atoms with Crippen LogP contribution in [0.15, 0.2) is 18.2 Å². The van der Waals surface area contributed by atoms with Crippen LogP contribution >= 0.6 is 0 Å². The van der Waals surface area contributed by atoms with E-state index in [9.17, 15) is 14.0 Å². The first-order chi connectivity index (χ1) is 10.5. The van der Waals surface area contributed by atoms with E-state index >= 15 is 0 Å². The first-order valence-corrected chi connectivity index (χ1v) is 7.43. The van der Waals surface area contributed by atoms with Crippen LogP contribution in [0.4, 0.5) is 4.39 Å². The minimum absolute atomic E-state index is 0.0485. The van der Waals surface area contributed by atoms with Gasteiger partial charge in [-0.15, -0.1) is 0 Å². The van der Waals surface area contributed by atoms with E-state index in [4.69, 9.17) is 4.74 Å². The maximum absolute atomic E-state index is 14.1. The van der Waals surface area contributed by atoms with E-state index in [2.05, 4.69) is 0 Å².